The molecule has 0 radical (unpaired) electrons. The number of hydrogen-bond acceptors (Lipinski definition) is 6. The highest BCUT2D eigenvalue weighted by molar-refractivity contribution is 8.26. The van der Waals surface area contributed by atoms with Gasteiger partial charge >= 0.3 is 0 Å². The minimum Gasteiger partial charge on any atom is -0.550 e. The largest absolute Gasteiger partial charge is 0.550 e. The molecule has 1 saturated heterocycles. The molecule has 0 atom stereocenters. The molecule has 0 aliphatic carbocycles. The molecule has 0 unspecified atom stereocenters. The van der Waals surface area contributed by atoms with Gasteiger partial charge < -0.3 is 14.3 Å². The number of aryl methyl sites for hydroxylation is 1. The third kappa shape index (κ3) is 4.23. The number of nitrogens with zero attached hydrogens (tertiary/aromatic N) is 1. The first-order chi connectivity index (χ1) is 12.4. The van der Waals surface area contributed by atoms with E-state index in [4.69, 9.17) is 16.6 Å². The minimum atomic E-state index is -1.13. The van der Waals surface area contributed by atoms with Crippen molar-refractivity contribution in [2.45, 2.75) is 19.8 Å². The van der Waals surface area contributed by atoms with Crippen LogP contribution in [0.1, 0.15) is 24.2 Å². The number of hydrogen-bond donors (Lipinski definition) is 0. The molecule has 134 valence electrons. The topological polar surface area (TPSA) is 73.6 Å². The van der Waals surface area contributed by atoms with E-state index in [0.29, 0.717) is 21.4 Å². The first kappa shape index (κ1) is 18.4. The zero-order valence-electron chi connectivity index (χ0n) is 14.1. The van der Waals surface area contributed by atoms with E-state index in [1.54, 1.807) is 12.1 Å². The SMILES string of the molecule is Cc1ccc(-c2ccc(/C=C3\SC(=S)N(CCCC(=O)[O-])C3=O)o2)cc1. The summed E-state index contributed by atoms with van der Waals surface area (Å²) in [7, 11) is 0. The Balaban J connectivity index is 1.72. The first-order valence-electron chi connectivity index (χ1n) is 8.06. The summed E-state index contributed by atoms with van der Waals surface area (Å²) in [6.45, 7) is 2.29. The molecule has 1 fully saturated rings. The Kier molecular flexibility index (Phi) is 5.58. The molecule has 3 rings (SSSR count). The van der Waals surface area contributed by atoms with Gasteiger partial charge in [-0.1, -0.05) is 53.8 Å². The number of carboxylic acid groups (broad SMARTS) is 1. The lowest BCUT2D eigenvalue weighted by atomic mass is 10.1. The summed E-state index contributed by atoms with van der Waals surface area (Å²) >= 11 is 6.41. The molecule has 1 aliphatic heterocycles. The molecule has 7 heteroatoms. The summed E-state index contributed by atoms with van der Waals surface area (Å²) in [6, 6.07) is 11.6. The molecule has 26 heavy (non-hydrogen) atoms. The van der Waals surface area contributed by atoms with Crippen LogP contribution in [-0.2, 0) is 9.59 Å². The zero-order chi connectivity index (χ0) is 18.7. The van der Waals surface area contributed by atoms with Crippen molar-refractivity contribution in [1.29, 1.82) is 0 Å². The van der Waals surface area contributed by atoms with Gasteiger partial charge in [0, 0.05) is 24.2 Å². The van der Waals surface area contributed by atoms with Crippen LogP contribution in [-0.4, -0.2) is 27.6 Å². The highest BCUT2D eigenvalue weighted by Crippen LogP contribution is 2.33. The maximum absolute atomic E-state index is 12.5. The molecule has 1 amide bonds. The Morgan fingerprint density at radius 1 is 1.27 bits per heavy atom. The molecule has 0 bridgehead atoms. The maximum Gasteiger partial charge on any atom is 0.266 e. The highest BCUT2D eigenvalue weighted by atomic mass is 32.2. The van der Waals surface area contributed by atoms with Crippen molar-refractivity contribution >= 4 is 46.3 Å². The lowest BCUT2D eigenvalue weighted by Gasteiger charge is -2.14. The highest BCUT2D eigenvalue weighted by Gasteiger charge is 2.31. The minimum absolute atomic E-state index is 0.103. The van der Waals surface area contributed by atoms with Crippen molar-refractivity contribution in [3.8, 4) is 11.3 Å². The number of carboxylic acids is 1. The standard InChI is InChI=1S/C19H17NO4S2/c1-12-4-6-13(7-5-12)15-9-8-14(24-15)11-16-18(23)20(19(25)26-16)10-2-3-17(21)22/h4-9,11H,2-3,10H2,1H3,(H,21,22)/p-1/b16-11-. The van der Waals surface area contributed by atoms with E-state index in [2.05, 4.69) is 0 Å². The van der Waals surface area contributed by atoms with Crippen LogP contribution in [0, 0.1) is 6.92 Å². The molecule has 0 N–H and O–H groups in total. The number of furan rings is 1. The van der Waals surface area contributed by atoms with Crippen LogP contribution in [0.15, 0.2) is 45.7 Å². The number of benzene rings is 1. The van der Waals surface area contributed by atoms with E-state index in [-0.39, 0.29) is 18.9 Å². The monoisotopic (exact) mass is 386 g/mol. The van der Waals surface area contributed by atoms with Crippen LogP contribution in [0.3, 0.4) is 0 Å². The van der Waals surface area contributed by atoms with Crippen molar-refractivity contribution in [2.75, 3.05) is 6.54 Å². The van der Waals surface area contributed by atoms with Gasteiger partial charge in [0.05, 0.1) is 4.91 Å². The van der Waals surface area contributed by atoms with E-state index < -0.39 is 5.97 Å². The lowest BCUT2D eigenvalue weighted by Crippen LogP contribution is -2.30. The van der Waals surface area contributed by atoms with Crippen LogP contribution in [0.4, 0.5) is 0 Å². The fourth-order valence-electron chi connectivity index (χ4n) is 2.51. The molecule has 0 saturated carbocycles. The fourth-order valence-corrected chi connectivity index (χ4v) is 3.80. The summed E-state index contributed by atoms with van der Waals surface area (Å²) in [6.07, 6.45) is 1.87. The van der Waals surface area contributed by atoms with Gasteiger partial charge in [0.25, 0.3) is 5.91 Å². The Bertz CT molecular complexity index is 883. The van der Waals surface area contributed by atoms with Gasteiger partial charge in [-0.25, -0.2) is 0 Å². The van der Waals surface area contributed by atoms with Crippen LogP contribution >= 0.6 is 24.0 Å². The number of thiocarbonyl (C=S) groups is 1. The van der Waals surface area contributed by atoms with Gasteiger partial charge in [-0.05, 0) is 31.9 Å². The molecular weight excluding hydrogens is 370 g/mol. The van der Waals surface area contributed by atoms with Crippen LogP contribution in [0.2, 0.25) is 0 Å². The number of thioether (sulfide) groups is 1. The number of rotatable bonds is 6. The predicted molar refractivity (Wildman–Crippen MR) is 103 cm³/mol. The third-order valence-electron chi connectivity index (χ3n) is 3.87. The van der Waals surface area contributed by atoms with Gasteiger partial charge in [-0.15, -0.1) is 0 Å². The van der Waals surface area contributed by atoms with Crippen molar-refractivity contribution in [2.24, 2.45) is 0 Å². The number of aliphatic carboxylic acids is 1. The zero-order valence-corrected chi connectivity index (χ0v) is 15.7. The molecule has 0 spiro atoms. The Morgan fingerprint density at radius 2 is 2.00 bits per heavy atom. The third-order valence-corrected chi connectivity index (χ3v) is 5.25. The lowest BCUT2D eigenvalue weighted by molar-refractivity contribution is -0.305. The average Bonchev–Trinajstić information content (AvgIpc) is 3.15. The number of carbonyl (C=O) groups is 2. The predicted octanol–water partition coefficient (Wildman–Crippen LogP) is 2.99. The number of amides is 1. The summed E-state index contributed by atoms with van der Waals surface area (Å²) in [5.41, 5.74) is 2.13. The van der Waals surface area contributed by atoms with Crippen molar-refractivity contribution in [1.82, 2.24) is 4.90 Å². The smallest absolute Gasteiger partial charge is 0.266 e. The Hall–Kier alpha value is -2.38. The van der Waals surface area contributed by atoms with Crippen LogP contribution in [0.25, 0.3) is 17.4 Å². The molecule has 1 aromatic carbocycles. The van der Waals surface area contributed by atoms with E-state index >= 15 is 0 Å². The normalized spacial score (nSPS) is 15.9. The second-order valence-corrected chi connectivity index (χ2v) is 7.55. The van der Waals surface area contributed by atoms with Crippen molar-refractivity contribution < 1.29 is 19.1 Å². The molecule has 2 aromatic rings. The molecular formula is C19H16NO4S2-. The molecule has 2 heterocycles. The summed E-state index contributed by atoms with van der Waals surface area (Å²) < 4.78 is 6.23. The maximum atomic E-state index is 12.5. The van der Waals surface area contributed by atoms with Gasteiger partial charge in [-0.2, -0.15) is 0 Å². The molecule has 1 aromatic heterocycles. The van der Waals surface area contributed by atoms with Crippen molar-refractivity contribution in [3.63, 3.8) is 0 Å². The van der Waals surface area contributed by atoms with E-state index in [0.717, 1.165) is 11.3 Å². The summed E-state index contributed by atoms with van der Waals surface area (Å²) in [4.78, 5) is 24.8. The van der Waals surface area contributed by atoms with E-state index in [1.807, 2.05) is 37.3 Å². The van der Waals surface area contributed by atoms with Gasteiger partial charge in [0.15, 0.2) is 0 Å². The van der Waals surface area contributed by atoms with Gasteiger partial charge in [0.2, 0.25) is 0 Å². The van der Waals surface area contributed by atoms with E-state index in [9.17, 15) is 14.7 Å². The van der Waals surface area contributed by atoms with Gasteiger partial charge in [0.1, 0.15) is 15.8 Å². The Morgan fingerprint density at radius 3 is 2.69 bits per heavy atom. The van der Waals surface area contributed by atoms with Crippen LogP contribution in [0.5, 0.6) is 0 Å². The second-order valence-electron chi connectivity index (χ2n) is 5.88. The van der Waals surface area contributed by atoms with E-state index in [1.165, 1.54) is 22.2 Å². The van der Waals surface area contributed by atoms with Crippen LogP contribution < -0.4 is 5.11 Å². The first-order valence-corrected chi connectivity index (χ1v) is 9.28. The van der Waals surface area contributed by atoms with Gasteiger partial charge in [-0.3, -0.25) is 9.69 Å². The quantitative estimate of drug-likeness (QED) is 0.561. The fraction of sp³-hybridized carbons (Fsp3) is 0.211. The average molecular weight is 386 g/mol. The molecule has 5 nitrogen and oxygen atoms in total. The number of carbonyl (C=O) groups excluding carboxylic acids is 2. The molecule has 1 aliphatic rings. The second kappa shape index (κ2) is 7.88. The summed E-state index contributed by atoms with van der Waals surface area (Å²) in [5, 5.41) is 10.5. The Labute approximate surface area is 160 Å². The summed E-state index contributed by atoms with van der Waals surface area (Å²) in [5.74, 6) is -0.0756. The van der Waals surface area contributed by atoms with Crippen molar-refractivity contribution in [3.05, 3.63) is 52.6 Å².